The first kappa shape index (κ1) is 14.8. The number of hydrogen-bond acceptors (Lipinski definition) is 1. The third-order valence-electron chi connectivity index (χ3n) is 4.49. The van der Waals surface area contributed by atoms with Gasteiger partial charge in [0.25, 0.3) is 0 Å². The molecule has 0 aliphatic heterocycles. The van der Waals surface area contributed by atoms with Gasteiger partial charge in [0.05, 0.1) is 5.25 Å². The molecular weight excluding hydrogens is 276 g/mol. The summed E-state index contributed by atoms with van der Waals surface area (Å²) in [6.07, 6.45) is 7.55. The molecule has 0 fully saturated rings. The molecular formula is C19H24OS. The van der Waals surface area contributed by atoms with Gasteiger partial charge in [-0.3, -0.25) is 4.21 Å². The van der Waals surface area contributed by atoms with Crippen LogP contribution >= 0.6 is 0 Å². The van der Waals surface area contributed by atoms with Crippen molar-refractivity contribution in [3.63, 3.8) is 0 Å². The minimum Gasteiger partial charge on any atom is -0.259 e. The molecule has 0 N–H and O–H groups in total. The number of hydrogen-bond donors (Lipinski definition) is 0. The van der Waals surface area contributed by atoms with Crippen molar-refractivity contribution < 1.29 is 4.21 Å². The minimum atomic E-state index is -0.780. The van der Waals surface area contributed by atoms with Gasteiger partial charge < -0.3 is 0 Å². The van der Waals surface area contributed by atoms with Gasteiger partial charge in [0.1, 0.15) is 0 Å². The van der Waals surface area contributed by atoms with Crippen LogP contribution in [-0.4, -0.2) is 9.96 Å². The van der Waals surface area contributed by atoms with E-state index < -0.39 is 10.8 Å². The summed E-state index contributed by atoms with van der Waals surface area (Å²) in [5, 5.41) is 2.70. The monoisotopic (exact) mass is 300 g/mol. The van der Waals surface area contributed by atoms with E-state index in [-0.39, 0.29) is 5.25 Å². The fourth-order valence-electron chi connectivity index (χ4n) is 3.33. The van der Waals surface area contributed by atoms with Crippen molar-refractivity contribution in [1.29, 1.82) is 0 Å². The smallest absolute Gasteiger partial charge is 0.0852 e. The van der Waals surface area contributed by atoms with Crippen LogP contribution < -0.4 is 0 Å². The average molecular weight is 300 g/mol. The van der Waals surface area contributed by atoms with Crippen LogP contribution in [0.5, 0.6) is 0 Å². The van der Waals surface area contributed by atoms with E-state index in [4.69, 9.17) is 0 Å². The van der Waals surface area contributed by atoms with E-state index in [0.717, 1.165) is 12.2 Å². The van der Waals surface area contributed by atoms with Crippen LogP contribution in [0.2, 0.25) is 0 Å². The molecule has 0 saturated heterocycles. The first-order valence-corrected chi connectivity index (χ1v) is 9.59. The molecule has 2 unspecified atom stereocenters. The molecule has 1 nitrogen and oxygen atoms in total. The summed E-state index contributed by atoms with van der Waals surface area (Å²) in [7, 11) is -0.780. The molecule has 0 amide bonds. The molecule has 2 aliphatic rings. The van der Waals surface area contributed by atoms with Crippen molar-refractivity contribution in [2.45, 2.75) is 50.7 Å². The molecule has 2 aliphatic carbocycles. The van der Waals surface area contributed by atoms with Crippen LogP contribution in [0, 0.1) is 0 Å². The van der Waals surface area contributed by atoms with Crippen LogP contribution in [0.1, 0.15) is 61.8 Å². The first-order valence-electron chi connectivity index (χ1n) is 8.21. The second-order valence-electron chi connectivity index (χ2n) is 6.06. The van der Waals surface area contributed by atoms with Crippen LogP contribution in [0.15, 0.2) is 36.4 Å². The van der Waals surface area contributed by atoms with Gasteiger partial charge in [-0.2, -0.15) is 0 Å². The van der Waals surface area contributed by atoms with Crippen molar-refractivity contribution in [2.75, 3.05) is 5.75 Å². The SMILES string of the molecule is CCCCCCCCS(=O)C1c2ccc3c1cccc3c2. The molecule has 2 aromatic carbocycles. The number of rotatable bonds is 8. The maximum atomic E-state index is 12.7. The van der Waals surface area contributed by atoms with E-state index in [1.807, 2.05) is 0 Å². The van der Waals surface area contributed by atoms with Crippen LogP contribution in [0.25, 0.3) is 10.8 Å². The molecule has 21 heavy (non-hydrogen) atoms. The molecule has 2 aromatic rings. The van der Waals surface area contributed by atoms with Gasteiger partial charge in [0, 0.05) is 16.6 Å². The highest BCUT2D eigenvalue weighted by Gasteiger charge is 2.26. The minimum absolute atomic E-state index is 0.120. The van der Waals surface area contributed by atoms with Crippen LogP contribution in [0.3, 0.4) is 0 Å². The number of fused-ring (bicyclic) bond motifs is 1. The molecule has 2 atom stereocenters. The maximum absolute atomic E-state index is 12.7. The third-order valence-corrected chi connectivity index (χ3v) is 6.23. The Morgan fingerprint density at radius 2 is 1.81 bits per heavy atom. The zero-order valence-corrected chi connectivity index (χ0v) is 13.6. The highest BCUT2D eigenvalue weighted by molar-refractivity contribution is 7.85. The predicted molar refractivity (Wildman–Crippen MR) is 92.2 cm³/mol. The molecule has 0 heterocycles. The second-order valence-corrected chi connectivity index (χ2v) is 7.70. The van der Waals surface area contributed by atoms with E-state index in [1.54, 1.807) is 0 Å². The Kier molecular flexibility index (Phi) is 4.74. The zero-order valence-electron chi connectivity index (χ0n) is 12.8. The Balaban J connectivity index is 1.60. The Bertz CT molecular complexity index is 647. The number of unbranched alkanes of at least 4 members (excludes halogenated alkanes) is 5. The standard InChI is InChI=1S/C19H24OS/c1-2-3-4-5-6-7-13-21(20)19-16-11-12-17-15(14-16)9-8-10-18(17)19/h8-12,14,19H,2-7,13H2,1H3. The molecule has 0 radical (unpaired) electrons. The third kappa shape index (κ3) is 3.06. The molecule has 0 aromatic heterocycles. The average Bonchev–Trinajstić information content (AvgIpc) is 2.51. The molecule has 2 heteroatoms. The normalized spacial score (nSPS) is 17.7. The molecule has 0 spiro atoms. The van der Waals surface area contributed by atoms with E-state index in [1.165, 1.54) is 54.0 Å². The van der Waals surface area contributed by atoms with Gasteiger partial charge in [-0.05, 0) is 34.4 Å². The summed E-state index contributed by atoms with van der Waals surface area (Å²) in [6, 6.07) is 12.9. The quantitative estimate of drug-likeness (QED) is 0.600. The molecule has 112 valence electrons. The first-order chi connectivity index (χ1) is 10.3. The lowest BCUT2D eigenvalue weighted by molar-refractivity contribution is 0.621. The predicted octanol–water partition coefficient (Wildman–Crippen LogP) is 5.35. The highest BCUT2D eigenvalue weighted by Crippen LogP contribution is 2.40. The van der Waals surface area contributed by atoms with Gasteiger partial charge in [0.2, 0.25) is 0 Å². The summed E-state index contributed by atoms with van der Waals surface area (Å²) in [6.45, 7) is 2.24. The maximum Gasteiger partial charge on any atom is 0.0852 e. The number of benzene rings is 2. The Hall–Kier alpha value is -1.15. The van der Waals surface area contributed by atoms with Crippen molar-refractivity contribution in [3.8, 4) is 0 Å². The molecule has 0 saturated carbocycles. The Morgan fingerprint density at radius 1 is 1.00 bits per heavy atom. The fourth-order valence-corrected chi connectivity index (χ4v) is 5.00. The summed E-state index contributed by atoms with van der Waals surface area (Å²) in [4.78, 5) is 0. The zero-order chi connectivity index (χ0) is 14.7. The van der Waals surface area contributed by atoms with E-state index in [2.05, 4.69) is 43.3 Å². The van der Waals surface area contributed by atoms with Crippen molar-refractivity contribution >= 4 is 21.6 Å². The molecule has 4 bridgehead atoms. The summed E-state index contributed by atoms with van der Waals surface area (Å²) in [5.41, 5.74) is 2.51. The van der Waals surface area contributed by atoms with Crippen LogP contribution in [-0.2, 0) is 10.8 Å². The lowest BCUT2D eigenvalue weighted by Gasteiger charge is -2.25. The second kappa shape index (κ2) is 6.74. The van der Waals surface area contributed by atoms with Gasteiger partial charge in [-0.15, -0.1) is 0 Å². The van der Waals surface area contributed by atoms with Crippen molar-refractivity contribution in [2.24, 2.45) is 0 Å². The van der Waals surface area contributed by atoms with Gasteiger partial charge in [-0.1, -0.05) is 69.4 Å². The molecule has 4 rings (SSSR count). The topological polar surface area (TPSA) is 17.1 Å². The fraction of sp³-hybridized carbons (Fsp3) is 0.474. The largest absolute Gasteiger partial charge is 0.259 e. The van der Waals surface area contributed by atoms with E-state index >= 15 is 0 Å². The van der Waals surface area contributed by atoms with Gasteiger partial charge in [-0.25, -0.2) is 0 Å². The van der Waals surface area contributed by atoms with E-state index in [0.29, 0.717) is 0 Å². The van der Waals surface area contributed by atoms with Gasteiger partial charge in [0.15, 0.2) is 0 Å². The Morgan fingerprint density at radius 3 is 2.67 bits per heavy atom. The Labute approximate surface area is 130 Å². The lowest BCUT2D eigenvalue weighted by Crippen LogP contribution is -2.15. The van der Waals surface area contributed by atoms with Crippen molar-refractivity contribution in [3.05, 3.63) is 47.5 Å². The summed E-state index contributed by atoms with van der Waals surface area (Å²) >= 11 is 0. The summed E-state index contributed by atoms with van der Waals surface area (Å²) in [5.74, 6) is 0.839. The summed E-state index contributed by atoms with van der Waals surface area (Å²) < 4.78 is 12.7. The highest BCUT2D eigenvalue weighted by atomic mass is 32.2. The lowest BCUT2D eigenvalue weighted by atomic mass is 9.90. The van der Waals surface area contributed by atoms with E-state index in [9.17, 15) is 4.21 Å². The van der Waals surface area contributed by atoms with Crippen molar-refractivity contribution in [1.82, 2.24) is 0 Å². The van der Waals surface area contributed by atoms with Gasteiger partial charge >= 0.3 is 0 Å². The van der Waals surface area contributed by atoms with Crippen LogP contribution in [0.4, 0.5) is 0 Å².